The highest BCUT2D eigenvalue weighted by Gasteiger charge is 2.31. The van der Waals surface area contributed by atoms with Gasteiger partial charge in [-0.05, 0) is 49.2 Å². The first-order chi connectivity index (χ1) is 14.2. The van der Waals surface area contributed by atoms with Gasteiger partial charge < -0.3 is 15.2 Å². The number of hydrogen-bond donors (Lipinski definition) is 2. The quantitative estimate of drug-likeness (QED) is 0.514. The standard InChI is InChI=1S/C20H22F3N3O4/c21-20(22,23)30-18-7-3-14(4-8-18)11-25-9-1-2-17(12-25)24-16-6-5-15(13-27)19(10-16)26(28)29/h3-8,10,17,24,27H,1-2,9,11-13H2. The second-order valence-corrected chi connectivity index (χ2v) is 7.17. The van der Waals surface area contributed by atoms with Crippen LogP contribution in [0.2, 0.25) is 0 Å². The van der Waals surface area contributed by atoms with Gasteiger partial charge in [0.1, 0.15) is 5.75 Å². The predicted octanol–water partition coefficient (Wildman–Crippen LogP) is 4.06. The summed E-state index contributed by atoms with van der Waals surface area (Å²) in [5.41, 5.74) is 1.61. The zero-order valence-electron chi connectivity index (χ0n) is 16.1. The summed E-state index contributed by atoms with van der Waals surface area (Å²) in [7, 11) is 0. The van der Waals surface area contributed by atoms with Crippen LogP contribution in [0.25, 0.3) is 0 Å². The average Bonchev–Trinajstić information content (AvgIpc) is 2.68. The Hall–Kier alpha value is -2.85. The van der Waals surface area contributed by atoms with Crippen LogP contribution in [0.4, 0.5) is 24.5 Å². The number of benzene rings is 2. The van der Waals surface area contributed by atoms with Gasteiger partial charge >= 0.3 is 6.36 Å². The number of nitrogens with zero attached hydrogens (tertiary/aromatic N) is 2. The summed E-state index contributed by atoms with van der Waals surface area (Å²) < 4.78 is 40.7. The van der Waals surface area contributed by atoms with Gasteiger partial charge in [-0.25, -0.2) is 0 Å². The van der Waals surface area contributed by atoms with E-state index in [0.29, 0.717) is 18.8 Å². The summed E-state index contributed by atoms with van der Waals surface area (Å²) >= 11 is 0. The topological polar surface area (TPSA) is 87.9 Å². The molecule has 0 aliphatic carbocycles. The number of hydrogen-bond acceptors (Lipinski definition) is 6. The van der Waals surface area contributed by atoms with Crippen molar-refractivity contribution in [3.63, 3.8) is 0 Å². The molecule has 0 aromatic heterocycles. The van der Waals surface area contributed by atoms with E-state index in [0.717, 1.165) is 24.9 Å². The van der Waals surface area contributed by atoms with Gasteiger partial charge in [-0.2, -0.15) is 0 Å². The largest absolute Gasteiger partial charge is 0.573 e. The van der Waals surface area contributed by atoms with E-state index in [1.807, 2.05) is 0 Å². The van der Waals surface area contributed by atoms with Gasteiger partial charge in [0.15, 0.2) is 0 Å². The van der Waals surface area contributed by atoms with Gasteiger partial charge in [-0.15, -0.1) is 13.2 Å². The molecule has 0 amide bonds. The van der Waals surface area contributed by atoms with E-state index in [1.54, 1.807) is 18.2 Å². The number of nitro groups is 1. The fourth-order valence-corrected chi connectivity index (χ4v) is 3.56. The number of alkyl halides is 3. The molecule has 7 nitrogen and oxygen atoms in total. The van der Waals surface area contributed by atoms with Crippen LogP contribution in [-0.2, 0) is 13.2 Å². The van der Waals surface area contributed by atoms with Crippen LogP contribution in [0.5, 0.6) is 5.75 Å². The maximum atomic E-state index is 12.3. The molecule has 1 saturated heterocycles. The summed E-state index contributed by atoms with van der Waals surface area (Å²) in [6, 6.07) is 10.5. The molecule has 0 bridgehead atoms. The average molecular weight is 425 g/mol. The molecular formula is C20H22F3N3O4. The lowest BCUT2D eigenvalue weighted by Crippen LogP contribution is -2.41. The number of halogens is 3. The van der Waals surface area contributed by atoms with E-state index < -0.39 is 17.9 Å². The number of aliphatic hydroxyl groups excluding tert-OH is 1. The van der Waals surface area contributed by atoms with Crippen molar-refractivity contribution < 1.29 is 27.9 Å². The molecule has 1 unspecified atom stereocenters. The van der Waals surface area contributed by atoms with Crippen molar-refractivity contribution in [1.82, 2.24) is 4.90 Å². The number of piperidine rings is 1. The Kier molecular flexibility index (Phi) is 6.78. The Morgan fingerprint density at radius 1 is 1.23 bits per heavy atom. The van der Waals surface area contributed by atoms with E-state index in [9.17, 15) is 28.4 Å². The molecule has 2 aromatic rings. The van der Waals surface area contributed by atoms with E-state index in [-0.39, 0.29) is 23.0 Å². The normalized spacial score (nSPS) is 17.5. The van der Waals surface area contributed by atoms with Crippen LogP contribution >= 0.6 is 0 Å². The van der Waals surface area contributed by atoms with Crippen LogP contribution in [-0.4, -0.2) is 40.4 Å². The third-order valence-electron chi connectivity index (χ3n) is 4.89. The van der Waals surface area contributed by atoms with E-state index >= 15 is 0 Å². The van der Waals surface area contributed by atoms with Gasteiger partial charge in [-0.3, -0.25) is 15.0 Å². The number of rotatable bonds is 7. The maximum Gasteiger partial charge on any atom is 0.573 e. The van der Waals surface area contributed by atoms with Crippen LogP contribution < -0.4 is 10.1 Å². The smallest absolute Gasteiger partial charge is 0.406 e. The molecule has 2 aromatic carbocycles. The number of nitrogens with one attached hydrogen (secondary N) is 1. The fourth-order valence-electron chi connectivity index (χ4n) is 3.56. The van der Waals surface area contributed by atoms with Crippen molar-refractivity contribution in [3.05, 3.63) is 63.7 Å². The number of aliphatic hydroxyl groups is 1. The first-order valence-corrected chi connectivity index (χ1v) is 9.45. The third kappa shape index (κ3) is 6.07. The first-order valence-electron chi connectivity index (χ1n) is 9.45. The molecule has 0 saturated carbocycles. The summed E-state index contributed by atoms with van der Waals surface area (Å²) in [5.74, 6) is -0.252. The van der Waals surface area contributed by atoms with Crippen molar-refractivity contribution in [2.45, 2.75) is 38.4 Å². The van der Waals surface area contributed by atoms with Crippen molar-refractivity contribution in [2.75, 3.05) is 18.4 Å². The molecule has 162 valence electrons. The molecule has 3 rings (SSSR count). The molecule has 1 aliphatic heterocycles. The van der Waals surface area contributed by atoms with E-state index in [4.69, 9.17) is 0 Å². The lowest BCUT2D eigenvalue weighted by Gasteiger charge is -2.33. The second kappa shape index (κ2) is 9.31. The summed E-state index contributed by atoms with van der Waals surface area (Å²) in [6.45, 7) is 1.72. The number of anilines is 1. The van der Waals surface area contributed by atoms with Gasteiger partial charge in [0, 0.05) is 30.9 Å². The Bertz CT molecular complexity index is 875. The Labute approximate surface area is 171 Å². The molecular weight excluding hydrogens is 403 g/mol. The lowest BCUT2D eigenvalue weighted by atomic mass is 10.0. The second-order valence-electron chi connectivity index (χ2n) is 7.17. The third-order valence-corrected chi connectivity index (χ3v) is 4.89. The summed E-state index contributed by atoms with van der Waals surface area (Å²) in [6.07, 6.45) is -2.90. The highest BCUT2D eigenvalue weighted by atomic mass is 19.4. The summed E-state index contributed by atoms with van der Waals surface area (Å²) in [5, 5.41) is 23.7. The molecule has 30 heavy (non-hydrogen) atoms. The number of ether oxygens (including phenoxy) is 1. The molecule has 0 spiro atoms. The van der Waals surface area contributed by atoms with Gasteiger partial charge in [0.2, 0.25) is 0 Å². The number of likely N-dealkylation sites (tertiary alicyclic amines) is 1. The molecule has 1 heterocycles. The van der Waals surface area contributed by atoms with Gasteiger partial charge in [-0.1, -0.05) is 12.1 Å². The minimum Gasteiger partial charge on any atom is -0.406 e. The Balaban J connectivity index is 1.59. The van der Waals surface area contributed by atoms with Crippen LogP contribution in [0.3, 0.4) is 0 Å². The Morgan fingerprint density at radius 3 is 2.60 bits per heavy atom. The minimum atomic E-state index is -4.71. The molecule has 0 radical (unpaired) electrons. The van der Waals surface area contributed by atoms with Crippen LogP contribution in [0.15, 0.2) is 42.5 Å². The Morgan fingerprint density at radius 2 is 1.97 bits per heavy atom. The van der Waals surface area contributed by atoms with Crippen molar-refractivity contribution in [1.29, 1.82) is 0 Å². The molecule has 1 atom stereocenters. The van der Waals surface area contributed by atoms with E-state index in [2.05, 4.69) is 15.0 Å². The SMILES string of the molecule is O=[N+]([O-])c1cc(NC2CCCN(Cc3ccc(OC(F)(F)F)cc3)C2)ccc1CO. The van der Waals surface area contributed by atoms with Crippen LogP contribution in [0.1, 0.15) is 24.0 Å². The summed E-state index contributed by atoms with van der Waals surface area (Å²) in [4.78, 5) is 12.8. The predicted molar refractivity (Wildman–Crippen MR) is 104 cm³/mol. The molecule has 10 heteroatoms. The lowest BCUT2D eigenvalue weighted by molar-refractivity contribution is -0.385. The van der Waals surface area contributed by atoms with Crippen molar-refractivity contribution >= 4 is 11.4 Å². The maximum absolute atomic E-state index is 12.3. The zero-order chi connectivity index (χ0) is 21.7. The van der Waals surface area contributed by atoms with Crippen molar-refractivity contribution in [3.8, 4) is 5.75 Å². The van der Waals surface area contributed by atoms with Gasteiger partial charge in [0.05, 0.1) is 17.1 Å². The highest BCUT2D eigenvalue weighted by Crippen LogP contribution is 2.26. The molecule has 2 N–H and O–H groups in total. The molecule has 1 aliphatic rings. The first kappa shape index (κ1) is 21.8. The number of nitro benzene ring substituents is 1. The molecule has 1 fully saturated rings. The fraction of sp³-hybridized carbons (Fsp3) is 0.400. The zero-order valence-corrected chi connectivity index (χ0v) is 16.1. The highest BCUT2D eigenvalue weighted by molar-refractivity contribution is 5.55. The van der Waals surface area contributed by atoms with Gasteiger partial charge in [0.25, 0.3) is 5.69 Å². The minimum absolute atomic E-state index is 0.0752. The van der Waals surface area contributed by atoms with E-state index in [1.165, 1.54) is 24.3 Å². The van der Waals surface area contributed by atoms with Crippen molar-refractivity contribution in [2.24, 2.45) is 0 Å². The van der Waals surface area contributed by atoms with Crippen LogP contribution in [0, 0.1) is 10.1 Å². The monoisotopic (exact) mass is 425 g/mol.